The Morgan fingerprint density at radius 2 is 1.31 bits per heavy atom. The van der Waals surface area contributed by atoms with Crippen LogP contribution < -0.4 is 28.4 Å². The molecule has 210 valence electrons. The van der Waals surface area contributed by atoms with Crippen molar-refractivity contribution in [3.63, 3.8) is 0 Å². The van der Waals surface area contributed by atoms with Crippen molar-refractivity contribution in [3.8, 4) is 34.5 Å². The number of carbonyl (C=O) groups excluding carboxylic acids is 1. The Morgan fingerprint density at radius 1 is 0.795 bits per heavy atom. The van der Waals surface area contributed by atoms with Gasteiger partial charge in [0.2, 0.25) is 5.91 Å². The van der Waals surface area contributed by atoms with Crippen LogP contribution in [0.5, 0.6) is 34.5 Å². The summed E-state index contributed by atoms with van der Waals surface area (Å²) in [5, 5.41) is 10.8. The van der Waals surface area contributed by atoms with E-state index >= 15 is 0 Å². The molecular weight excluding hydrogens is 504 g/mol. The number of likely N-dealkylation sites (N-methyl/N-ethyl adjacent to an activating group) is 1. The molecule has 1 N–H and O–H groups in total. The molecule has 1 fully saturated rings. The first-order chi connectivity index (χ1) is 18.7. The van der Waals surface area contributed by atoms with Crippen molar-refractivity contribution in [2.24, 2.45) is 0 Å². The van der Waals surface area contributed by atoms with Gasteiger partial charge in [0.1, 0.15) is 11.5 Å². The molecule has 3 heterocycles. The Kier molecular flexibility index (Phi) is 6.80. The molecule has 10 nitrogen and oxygen atoms in total. The van der Waals surface area contributed by atoms with Crippen LogP contribution in [0.1, 0.15) is 45.5 Å². The average Bonchev–Trinajstić information content (AvgIpc) is 2.93. The van der Waals surface area contributed by atoms with E-state index in [1.807, 2.05) is 27.0 Å². The molecule has 5 rings (SSSR count). The maximum Gasteiger partial charge on any atom is 0.245 e. The van der Waals surface area contributed by atoms with Crippen LogP contribution in [0.3, 0.4) is 0 Å². The van der Waals surface area contributed by atoms with Crippen LogP contribution in [0.25, 0.3) is 6.08 Å². The van der Waals surface area contributed by atoms with Crippen molar-refractivity contribution >= 4 is 12.0 Å². The van der Waals surface area contributed by atoms with Gasteiger partial charge < -0.3 is 38.4 Å². The van der Waals surface area contributed by atoms with Crippen molar-refractivity contribution in [1.29, 1.82) is 0 Å². The largest absolute Gasteiger partial charge is 0.496 e. The van der Waals surface area contributed by atoms with E-state index in [9.17, 15) is 9.90 Å². The van der Waals surface area contributed by atoms with Gasteiger partial charge in [-0.1, -0.05) is 0 Å². The molecule has 0 aliphatic carbocycles. The number of hydrogen-bond acceptors (Lipinski definition) is 9. The Balaban J connectivity index is 1.90. The fraction of sp³-hybridized carbons (Fsp3) is 0.483. The summed E-state index contributed by atoms with van der Waals surface area (Å²) < 4.78 is 35.0. The molecule has 39 heavy (non-hydrogen) atoms. The molecule has 0 saturated carbocycles. The summed E-state index contributed by atoms with van der Waals surface area (Å²) >= 11 is 0. The summed E-state index contributed by atoms with van der Waals surface area (Å²) in [5.41, 5.74) is 5.42. The van der Waals surface area contributed by atoms with Crippen LogP contribution in [-0.2, 0) is 11.2 Å². The average molecular weight is 541 g/mol. The minimum atomic E-state index is -0.716. The maximum absolute atomic E-state index is 14.2. The predicted molar refractivity (Wildman–Crippen MR) is 144 cm³/mol. The Labute approximate surface area is 228 Å². The highest BCUT2D eigenvalue weighted by atomic mass is 16.5. The van der Waals surface area contributed by atoms with Gasteiger partial charge in [0.25, 0.3) is 0 Å². The molecule has 10 heteroatoms. The highest BCUT2D eigenvalue weighted by molar-refractivity contribution is 5.91. The molecule has 3 aliphatic rings. The van der Waals surface area contributed by atoms with Crippen LogP contribution in [-0.4, -0.2) is 83.2 Å². The summed E-state index contributed by atoms with van der Waals surface area (Å²) in [6.07, 6.45) is 2.37. The molecule has 0 unspecified atom stereocenters. The molecule has 0 spiro atoms. The third-order valence-corrected chi connectivity index (χ3v) is 8.38. The van der Waals surface area contributed by atoms with Crippen molar-refractivity contribution in [3.05, 3.63) is 39.1 Å². The van der Waals surface area contributed by atoms with Gasteiger partial charge in [-0.25, -0.2) is 0 Å². The quantitative estimate of drug-likeness (QED) is 0.568. The summed E-state index contributed by atoms with van der Waals surface area (Å²) in [6, 6.07) is -1.59. The van der Waals surface area contributed by atoms with E-state index < -0.39 is 18.1 Å². The number of aliphatic hydroxyl groups excluding tert-OH is 1. The van der Waals surface area contributed by atoms with E-state index in [1.165, 1.54) is 0 Å². The summed E-state index contributed by atoms with van der Waals surface area (Å²) in [4.78, 5) is 18.0. The number of benzene rings is 2. The van der Waals surface area contributed by atoms with E-state index in [2.05, 4.69) is 4.90 Å². The Bertz CT molecular complexity index is 1380. The minimum Gasteiger partial charge on any atom is -0.496 e. The lowest BCUT2D eigenvalue weighted by atomic mass is 9.77. The zero-order valence-corrected chi connectivity index (χ0v) is 23.9. The van der Waals surface area contributed by atoms with Gasteiger partial charge in [-0.05, 0) is 27.0 Å². The second-order valence-corrected chi connectivity index (χ2v) is 9.93. The first-order valence-corrected chi connectivity index (χ1v) is 12.8. The van der Waals surface area contributed by atoms with Gasteiger partial charge in [0, 0.05) is 45.5 Å². The lowest BCUT2D eigenvalue weighted by molar-refractivity contribution is -0.144. The van der Waals surface area contributed by atoms with Gasteiger partial charge in [-0.2, -0.15) is 0 Å². The number of amides is 1. The number of hydrogen-bond donors (Lipinski definition) is 1. The van der Waals surface area contributed by atoms with E-state index in [4.69, 9.17) is 28.4 Å². The fourth-order valence-electron chi connectivity index (χ4n) is 6.82. The van der Waals surface area contributed by atoms with Crippen molar-refractivity contribution in [1.82, 2.24) is 9.80 Å². The molecule has 3 aliphatic heterocycles. The van der Waals surface area contributed by atoms with Crippen molar-refractivity contribution in [2.45, 2.75) is 38.4 Å². The number of piperazine rings is 1. The Morgan fingerprint density at radius 3 is 1.82 bits per heavy atom. The second-order valence-electron chi connectivity index (χ2n) is 9.93. The standard InChI is InChI=1S/C29H36N2O8/c1-13-23(34-4)15-10-17-22-21-16(24(35-5)14(2)26(37-7)28(21)39-9)11-18(30(22)3)29(33)31(17)19(12-32)20(15)27(38-8)25(13)36-6/h10,18-19,22,32H,11-12H2,1-9H3/t18-,19-,22+/m0/s1. The summed E-state index contributed by atoms with van der Waals surface area (Å²) in [5.74, 6) is 3.30. The zero-order valence-electron chi connectivity index (χ0n) is 23.9. The van der Waals surface area contributed by atoms with Crippen LogP contribution in [0.2, 0.25) is 0 Å². The second kappa shape index (κ2) is 9.84. The van der Waals surface area contributed by atoms with Gasteiger partial charge in [0.05, 0.1) is 67.4 Å². The molecule has 2 aromatic rings. The molecule has 2 aromatic carbocycles. The van der Waals surface area contributed by atoms with Crippen molar-refractivity contribution < 1.29 is 38.3 Å². The van der Waals surface area contributed by atoms with Gasteiger partial charge in [-0.15, -0.1) is 0 Å². The number of aliphatic hydroxyl groups is 1. The molecule has 3 atom stereocenters. The van der Waals surface area contributed by atoms with E-state index in [-0.39, 0.29) is 12.5 Å². The molecular formula is C29H36N2O8. The van der Waals surface area contributed by atoms with Crippen molar-refractivity contribution in [2.75, 3.05) is 56.3 Å². The van der Waals surface area contributed by atoms with E-state index in [0.29, 0.717) is 52.2 Å². The maximum atomic E-state index is 14.2. The van der Waals surface area contributed by atoms with Crippen LogP contribution >= 0.6 is 0 Å². The van der Waals surface area contributed by atoms with Gasteiger partial charge >= 0.3 is 0 Å². The number of ether oxygens (including phenoxy) is 6. The number of methoxy groups -OCH3 is 6. The minimum absolute atomic E-state index is 0.120. The smallest absolute Gasteiger partial charge is 0.245 e. The molecule has 1 amide bonds. The zero-order chi connectivity index (χ0) is 28.3. The molecule has 2 bridgehead atoms. The fourth-order valence-corrected chi connectivity index (χ4v) is 6.82. The molecule has 1 saturated heterocycles. The Hall–Kier alpha value is -3.63. The topological polar surface area (TPSA) is 99.2 Å². The van der Waals surface area contributed by atoms with E-state index in [1.54, 1.807) is 47.6 Å². The van der Waals surface area contributed by atoms with E-state index in [0.717, 1.165) is 27.8 Å². The third-order valence-electron chi connectivity index (χ3n) is 8.38. The normalized spacial score (nSPS) is 21.4. The lowest BCUT2D eigenvalue weighted by Crippen LogP contribution is -2.60. The lowest BCUT2D eigenvalue weighted by Gasteiger charge is -2.53. The van der Waals surface area contributed by atoms with Crippen LogP contribution in [0.4, 0.5) is 0 Å². The first kappa shape index (κ1) is 27.0. The number of fused-ring (bicyclic) bond motifs is 7. The highest BCUT2D eigenvalue weighted by Crippen LogP contribution is 2.59. The summed E-state index contributed by atoms with van der Waals surface area (Å²) in [6.45, 7) is 3.49. The van der Waals surface area contributed by atoms with Gasteiger partial charge in [-0.3, -0.25) is 9.69 Å². The third kappa shape index (κ3) is 3.44. The number of carbonyl (C=O) groups is 1. The number of rotatable bonds is 7. The predicted octanol–water partition coefficient (Wildman–Crippen LogP) is 3.18. The van der Waals surface area contributed by atoms with Crippen LogP contribution in [0, 0.1) is 13.8 Å². The SMILES string of the molecule is COc1c(C)c(OC)c(OC)c2c1C=C1[C@@H]3c4c(c(OC)c(C)c(OC)c4OC)C[C@@H](C(=O)N1[C@H]2CO)N3C. The molecule has 0 radical (unpaired) electrons. The monoisotopic (exact) mass is 540 g/mol. The first-order valence-electron chi connectivity index (χ1n) is 12.8. The number of nitrogens with zero attached hydrogens (tertiary/aromatic N) is 2. The molecule has 0 aromatic heterocycles. The highest BCUT2D eigenvalue weighted by Gasteiger charge is 2.53. The summed E-state index contributed by atoms with van der Waals surface area (Å²) in [7, 11) is 11.5. The van der Waals surface area contributed by atoms with Gasteiger partial charge in [0.15, 0.2) is 23.0 Å². The van der Waals surface area contributed by atoms with Crippen LogP contribution in [0.15, 0.2) is 5.70 Å².